The number of aryl methyl sites for hydroxylation is 1. The third-order valence-electron chi connectivity index (χ3n) is 6.45. The zero-order valence-corrected chi connectivity index (χ0v) is 19.8. The summed E-state index contributed by atoms with van der Waals surface area (Å²) in [5, 5.41) is 2.69. The average molecular weight is 438 g/mol. The van der Waals surface area contributed by atoms with Gasteiger partial charge in [-0.2, -0.15) is 0 Å². The number of benzene rings is 1. The van der Waals surface area contributed by atoms with E-state index in [0.717, 1.165) is 36.9 Å². The number of piperidine rings is 1. The molecule has 3 rings (SSSR count). The normalized spacial score (nSPS) is 20.9. The smallest absolute Gasteiger partial charge is 0.313 e. The van der Waals surface area contributed by atoms with Gasteiger partial charge in [-0.3, -0.25) is 9.59 Å². The molecule has 1 aromatic heterocycles. The number of aromatic nitrogens is 1. The van der Waals surface area contributed by atoms with E-state index in [1.54, 1.807) is 11.0 Å². The van der Waals surface area contributed by atoms with Gasteiger partial charge in [0, 0.05) is 13.1 Å². The van der Waals surface area contributed by atoms with Crippen LogP contribution in [0.25, 0.3) is 0 Å². The summed E-state index contributed by atoms with van der Waals surface area (Å²) in [7, 11) is 4.13. The Balaban J connectivity index is 1.81. The number of pyridine rings is 1. The summed E-state index contributed by atoms with van der Waals surface area (Å²) in [5.41, 5.74) is 8.76. The molecule has 2 atom stereocenters. The molecule has 1 aliphatic rings. The summed E-state index contributed by atoms with van der Waals surface area (Å²) in [6, 6.07) is 10.2. The fraction of sp³-hybridized carbons (Fsp3) is 0.480. The zero-order valence-electron chi connectivity index (χ0n) is 19.8. The van der Waals surface area contributed by atoms with Crippen LogP contribution in [-0.2, 0) is 21.5 Å². The van der Waals surface area contributed by atoms with E-state index in [2.05, 4.69) is 67.4 Å². The number of likely N-dealkylation sites (N-methyl/N-ethyl adjacent to an activating group) is 1. The van der Waals surface area contributed by atoms with E-state index < -0.39 is 17.4 Å². The number of nitrogens with zero attached hydrogens (tertiary/aromatic N) is 3. The maximum absolute atomic E-state index is 13.3. The van der Waals surface area contributed by atoms with Gasteiger partial charge in [0.15, 0.2) is 0 Å². The number of anilines is 2. The predicted octanol–water partition coefficient (Wildman–Crippen LogP) is 3.19. The molecular weight excluding hydrogens is 402 g/mol. The average Bonchev–Trinajstić information content (AvgIpc) is 2.76. The summed E-state index contributed by atoms with van der Waals surface area (Å²) in [5.74, 6) is -0.440. The van der Waals surface area contributed by atoms with Crippen LogP contribution in [0.15, 0.2) is 36.5 Å². The summed E-state index contributed by atoms with van der Waals surface area (Å²) < 4.78 is 0. The Morgan fingerprint density at radius 3 is 2.59 bits per heavy atom. The molecule has 1 aromatic carbocycles. The van der Waals surface area contributed by atoms with E-state index in [0.29, 0.717) is 24.0 Å². The van der Waals surface area contributed by atoms with Crippen molar-refractivity contribution < 1.29 is 9.59 Å². The molecule has 1 saturated heterocycles. The Kier molecular flexibility index (Phi) is 7.19. The second-order valence-corrected chi connectivity index (χ2v) is 9.46. The quantitative estimate of drug-likeness (QED) is 0.701. The number of carbonyl (C=O) groups excluding carboxylic acids is 2. The topological polar surface area (TPSA) is 91.6 Å². The third-order valence-corrected chi connectivity index (χ3v) is 6.45. The number of amides is 2. The Morgan fingerprint density at radius 2 is 1.97 bits per heavy atom. The van der Waals surface area contributed by atoms with Crippen LogP contribution in [0, 0.1) is 12.8 Å². The molecule has 2 amide bonds. The molecular formula is C25H35N5O2. The number of carbonyl (C=O) groups is 2. The van der Waals surface area contributed by atoms with Crippen LogP contribution in [0.5, 0.6) is 0 Å². The SMILES string of the molecule is Cc1cc(NC(=O)C(=O)N2C[C@@H](C)CC[C@@]2(C)c2ccc(CCN(C)C)cc2)cnc1N. The number of nitrogens with one attached hydrogen (secondary N) is 1. The molecule has 2 aromatic rings. The van der Waals surface area contributed by atoms with Crippen molar-refractivity contribution in [2.45, 2.75) is 45.6 Å². The largest absolute Gasteiger partial charge is 0.383 e. The maximum Gasteiger partial charge on any atom is 0.313 e. The lowest BCUT2D eigenvalue weighted by Crippen LogP contribution is -2.55. The van der Waals surface area contributed by atoms with Crippen LogP contribution in [0.4, 0.5) is 11.5 Å². The number of likely N-dealkylation sites (tertiary alicyclic amines) is 1. The Morgan fingerprint density at radius 1 is 1.28 bits per heavy atom. The molecule has 3 N–H and O–H groups in total. The first-order valence-corrected chi connectivity index (χ1v) is 11.2. The van der Waals surface area contributed by atoms with E-state index in [9.17, 15) is 9.59 Å². The molecule has 0 aliphatic carbocycles. The van der Waals surface area contributed by atoms with Crippen LogP contribution < -0.4 is 11.1 Å². The molecule has 2 heterocycles. The van der Waals surface area contributed by atoms with Crippen molar-refractivity contribution in [1.82, 2.24) is 14.8 Å². The van der Waals surface area contributed by atoms with Gasteiger partial charge in [-0.25, -0.2) is 4.98 Å². The summed E-state index contributed by atoms with van der Waals surface area (Å²) in [6.45, 7) is 7.52. The van der Waals surface area contributed by atoms with Gasteiger partial charge < -0.3 is 20.9 Å². The summed E-state index contributed by atoms with van der Waals surface area (Å²) in [6.07, 6.45) is 4.26. The van der Waals surface area contributed by atoms with Crippen molar-refractivity contribution in [3.8, 4) is 0 Å². The fourth-order valence-electron chi connectivity index (χ4n) is 4.22. The van der Waals surface area contributed by atoms with Crippen molar-refractivity contribution >= 4 is 23.3 Å². The molecule has 7 heteroatoms. The lowest BCUT2D eigenvalue weighted by molar-refractivity contribution is -0.150. The van der Waals surface area contributed by atoms with E-state index in [-0.39, 0.29) is 0 Å². The van der Waals surface area contributed by atoms with Crippen LogP contribution in [0.3, 0.4) is 0 Å². The standard InChI is InChI=1S/C25H35N5O2/c1-17-10-12-25(3,20-8-6-19(7-9-20)11-13-29(4)5)30(16-17)24(32)23(31)28-21-14-18(2)22(26)27-15-21/h6-9,14-15,17H,10-13,16H2,1-5H3,(H2,26,27)(H,28,31)/t17-,25-/m0/s1. The number of hydrogen-bond acceptors (Lipinski definition) is 5. The molecule has 172 valence electrons. The highest BCUT2D eigenvalue weighted by molar-refractivity contribution is 6.39. The molecule has 0 saturated carbocycles. The van der Waals surface area contributed by atoms with Gasteiger partial charge in [-0.05, 0) is 75.9 Å². The molecule has 0 unspecified atom stereocenters. The first-order chi connectivity index (χ1) is 15.1. The second kappa shape index (κ2) is 9.69. The van der Waals surface area contributed by atoms with Crippen LogP contribution in [-0.4, -0.2) is 53.8 Å². The third kappa shape index (κ3) is 5.27. The molecule has 0 bridgehead atoms. The highest BCUT2D eigenvalue weighted by Crippen LogP contribution is 2.39. The van der Waals surface area contributed by atoms with Crippen molar-refractivity contribution in [2.24, 2.45) is 5.92 Å². The lowest BCUT2D eigenvalue weighted by atomic mass is 9.78. The van der Waals surface area contributed by atoms with Gasteiger partial charge in [0.1, 0.15) is 5.82 Å². The van der Waals surface area contributed by atoms with Crippen LogP contribution >= 0.6 is 0 Å². The molecule has 1 fully saturated rings. The minimum absolute atomic E-state index is 0.333. The number of rotatable bonds is 5. The van der Waals surface area contributed by atoms with Crippen molar-refractivity contribution in [1.29, 1.82) is 0 Å². The fourth-order valence-corrected chi connectivity index (χ4v) is 4.22. The Bertz CT molecular complexity index is 973. The van der Waals surface area contributed by atoms with Crippen molar-refractivity contribution in [3.05, 3.63) is 53.2 Å². The van der Waals surface area contributed by atoms with Gasteiger partial charge in [-0.15, -0.1) is 0 Å². The minimum atomic E-state index is -0.654. The van der Waals surface area contributed by atoms with E-state index in [4.69, 9.17) is 5.73 Å². The molecule has 0 radical (unpaired) electrons. The maximum atomic E-state index is 13.3. The summed E-state index contributed by atoms with van der Waals surface area (Å²) >= 11 is 0. The van der Waals surface area contributed by atoms with Gasteiger partial charge in [0.05, 0.1) is 17.4 Å². The number of nitrogens with two attached hydrogens (primary N) is 1. The van der Waals surface area contributed by atoms with Crippen LogP contribution in [0.1, 0.15) is 43.4 Å². The summed E-state index contributed by atoms with van der Waals surface area (Å²) in [4.78, 5) is 34.1. The van der Waals surface area contributed by atoms with E-state index >= 15 is 0 Å². The first-order valence-electron chi connectivity index (χ1n) is 11.2. The van der Waals surface area contributed by atoms with Gasteiger partial charge >= 0.3 is 11.8 Å². The molecule has 0 spiro atoms. The second-order valence-electron chi connectivity index (χ2n) is 9.46. The molecule has 32 heavy (non-hydrogen) atoms. The van der Waals surface area contributed by atoms with Gasteiger partial charge in [0.25, 0.3) is 0 Å². The lowest BCUT2D eigenvalue weighted by Gasteiger charge is -2.47. The highest BCUT2D eigenvalue weighted by Gasteiger charge is 2.43. The molecule has 1 aliphatic heterocycles. The number of hydrogen-bond donors (Lipinski definition) is 2. The minimum Gasteiger partial charge on any atom is -0.383 e. The van der Waals surface area contributed by atoms with Crippen molar-refractivity contribution in [2.75, 3.05) is 38.2 Å². The van der Waals surface area contributed by atoms with Crippen molar-refractivity contribution in [3.63, 3.8) is 0 Å². The highest BCUT2D eigenvalue weighted by atomic mass is 16.2. The predicted molar refractivity (Wildman–Crippen MR) is 128 cm³/mol. The van der Waals surface area contributed by atoms with Gasteiger partial charge in [0.2, 0.25) is 0 Å². The van der Waals surface area contributed by atoms with E-state index in [1.165, 1.54) is 11.8 Å². The Hall–Kier alpha value is -2.93. The van der Waals surface area contributed by atoms with Gasteiger partial charge in [-0.1, -0.05) is 31.2 Å². The zero-order chi connectivity index (χ0) is 23.5. The first kappa shape index (κ1) is 23.7. The number of nitrogen functional groups attached to an aromatic ring is 1. The van der Waals surface area contributed by atoms with Crippen LogP contribution in [0.2, 0.25) is 0 Å². The van der Waals surface area contributed by atoms with E-state index in [1.807, 2.05) is 6.92 Å². The Labute approximate surface area is 191 Å². The molecule has 7 nitrogen and oxygen atoms in total. The monoisotopic (exact) mass is 437 g/mol.